The molecule has 0 aromatic heterocycles. The number of rotatable bonds is 9. The number of nitrogens with zero attached hydrogens (tertiary/aromatic N) is 2. The first kappa shape index (κ1) is 22.2. The van der Waals surface area contributed by atoms with E-state index in [9.17, 15) is 5.11 Å². The maximum absolute atomic E-state index is 10.4. The molecular formula is C27H33N3O2. The first-order valence-corrected chi connectivity index (χ1v) is 11.4. The van der Waals surface area contributed by atoms with Crippen LogP contribution in [0.1, 0.15) is 17.5 Å². The third kappa shape index (κ3) is 5.61. The maximum Gasteiger partial charge on any atom is 0.119 e. The predicted molar refractivity (Wildman–Crippen MR) is 132 cm³/mol. The Morgan fingerprint density at radius 2 is 1.53 bits per heavy atom. The molecule has 0 amide bonds. The largest absolute Gasteiger partial charge is 0.491 e. The minimum atomic E-state index is -0.544. The SMILES string of the molecule is CN(CCCN1c2ccccc2CCc2ccccc21)CC(O)COc1ccc(N)cc1. The summed E-state index contributed by atoms with van der Waals surface area (Å²) in [5.74, 6) is 0.722. The second-order valence-electron chi connectivity index (χ2n) is 8.56. The van der Waals surface area contributed by atoms with E-state index in [2.05, 4.69) is 65.4 Å². The van der Waals surface area contributed by atoms with Crippen LogP contribution in [0.4, 0.5) is 17.1 Å². The zero-order valence-electron chi connectivity index (χ0n) is 18.8. The topological polar surface area (TPSA) is 62.0 Å². The Labute approximate surface area is 191 Å². The van der Waals surface area contributed by atoms with E-state index in [-0.39, 0.29) is 6.61 Å². The third-order valence-corrected chi connectivity index (χ3v) is 5.99. The lowest BCUT2D eigenvalue weighted by atomic mass is 10.0. The van der Waals surface area contributed by atoms with Gasteiger partial charge in [-0.15, -0.1) is 0 Å². The van der Waals surface area contributed by atoms with E-state index in [1.54, 1.807) is 12.1 Å². The summed E-state index contributed by atoms with van der Waals surface area (Å²) < 4.78 is 5.67. The number of hydrogen-bond acceptors (Lipinski definition) is 5. The molecule has 168 valence electrons. The molecule has 3 aromatic carbocycles. The Bertz CT molecular complexity index is 958. The number of benzene rings is 3. The molecule has 0 spiro atoms. The number of aliphatic hydroxyl groups is 1. The Morgan fingerprint density at radius 3 is 2.16 bits per heavy atom. The highest BCUT2D eigenvalue weighted by atomic mass is 16.5. The van der Waals surface area contributed by atoms with Gasteiger partial charge in [0.25, 0.3) is 0 Å². The minimum Gasteiger partial charge on any atom is -0.491 e. The van der Waals surface area contributed by atoms with E-state index in [1.807, 2.05) is 12.1 Å². The van der Waals surface area contributed by atoms with Gasteiger partial charge in [-0.05, 0) is 80.4 Å². The number of nitrogen functional groups attached to an aromatic ring is 1. The van der Waals surface area contributed by atoms with Gasteiger partial charge in [0.1, 0.15) is 18.5 Å². The van der Waals surface area contributed by atoms with Gasteiger partial charge in [-0.2, -0.15) is 0 Å². The Kier molecular flexibility index (Phi) is 7.30. The second kappa shape index (κ2) is 10.5. The maximum atomic E-state index is 10.4. The van der Waals surface area contributed by atoms with Gasteiger partial charge >= 0.3 is 0 Å². The standard InChI is InChI=1S/C27H33N3O2/c1-29(19-24(31)20-32-25-15-13-23(28)14-16-25)17-6-18-30-26-9-4-2-7-21(26)11-12-22-8-3-5-10-27(22)30/h2-5,7-10,13-16,24,31H,6,11-12,17-20,28H2,1H3. The Morgan fingerprint density at radius 1 is 0.938 bits per heavy atom. The Balaban J connectivity index is 1.30. The molecule has 1 aliphatic heterocycles. The van der Waals surface area contributed by atoms with Crippen LogP contribution in [-0.4, -0.2) is 49.4 Å². The van der Waals surface area contributed by atoms with Crippen molar-refractivity contribution in [2.75, 3.05) is 43.9 Å². The summed E-state index contributed by atoms with van der Waals surface area (Å²) in [6.07, 6.45) is 2.61. The minimum absolute atomic E-state index is 0.265. The quantitative estimate of drug-likeness (QED) is 0.496. The normalized spacial score (nSPS) is 13.9. The van der Waals surface area contributed by atoms with E-state index in [0.29, 0.717) is 12.2 Å². The van der Waals surface area contributed by atoms with Crippen molar-refractivity contribution in [1.29, 1.82) is 0 Å². The fraction of sp³-hybridized carbons (Fsp3) is 0.333. The zero-order chi connectivity index (χ0) is 22.3. The summed E-state index contributed by atoms with van der Waals surface area (Å²) in [5, 5.41) is 10.4. The van der Waals surface area contributed by atoms with Crippen molar-refractivity contribution in [2.45, 2.75) is 25.4 Å². The van der Waals surface area contributed by atoms with Crippen LogP contribution in [0.15, 0.2) is 72.8 Å². The van der Waals surface area contributed by atoms with Crippen LogP contribution in [0, 0.1) is 0 Å². The van der Waals surface area contributed by atoms with Gasteiger partial charge in [-0.1, -0.05) is 36.4 Å². The molecule has 1 heterocycles. The molecule has 0 fully saturated rings. The highest BCUT2D eigenvalue weighted by molar-refractivity contribution is 5.71. The van der Waals surface area contributed by atoms with Gasteiger partial charge in [0, 0.05) is 30.2 Å². The van der Waals surface area contributed by atoms with E-state index in [4.69, 9.17) is 10.5 Å². The van der Waals surface area contributed by atoms with Crippen molar-refractivity contribution in [3.8, 4) is 5.75 Å². The summed E-state index contributed by atoms with van der Waals surface area (Å²) in [6, 6.07) is 24.7. The Hall–Kier alpha value is -3.02. The van der Waals surface area contributed by atoms with Crippen molar-refractivity contribution in [3.05, 3.63) is 83.9 Å². The lowest BCUT2D eigenvalue weighted by Crippen LogP contribution is -2.34. The number of hydrogen-bond donors (Lipinski definition) is 2. The molecule has 0 saturated heterocycles. The molecule has 0 radical (unpaired) electrons. The summed E-state index contributed by atoms with van der Waals surface area (Å²) in [7, 11) is 2.05. The molecule has 32 heavy (non-hydrogen) atoms. The summed E-state index contributed by atoms with van der Waals surface area (Å²) in [4.78, 5) is 4.64. The van der Waals surface area contributed by atoms with Crippen LogP contribution >= 0.6 is 0 Å². The number of aliphatic hydroxyl groups excluding tert-OH is 1. The van der Waals surface area contributed by atoms with Gasteiger partial charge in [0.15, 0.2) is 0 Å². The molecule has 0 saturated carbocycles. The monoisotopic (exact) mass is 431 g/mol. The number of nitrogens with two attached hydrogens (primary N) is 1. The molecule has 4 rings (SSSR count). The smallest absolute Gasteiger partial charge is 0.119 e. The first-order chi connectivity index (χ1) is 15.6. The molecule has 3 aromatic rings. The second-order valence-corrected chi connectivity index (χ2v) is 8.56. The molecule has 5 heteroatoms. The van der Waals surface area contributed by atoms with Crippen LogP contribution in [0.2, 0.25) is 0 Å². The lowest BCUT2D eigenvalue weighted by molar-refractivity contribution is 0.0762. The number of para-hydroxylation sites is 2. The van der Waals surface area contributed by atoms with Gasteiger partial charge in [-0.3, -0.25) is 0 Å². The van der Waals surface area contributed by atoms with Crippen LogP contribution in [-0.2, 0) is 12.8 Å². The number of fused-ring (bicyclic) bond motifs is 2. The molecular weight excluding hydrogens is 398 g/mol. The molecule has 1 unspecified atom stereocenters. The average Bonchev–Trinajstić information content (AvgIpc) is 2.96. The van der Waals surface area contributed by atoms with Crippen LogP contribution in [0.5, 0.6) is 5.75 Å². The highest BCUT2D eigenvalue weighted by Crippen LogP contribution is 2.35. The van der Waals surface area contributed by atoms with Crippen molar-refractivity contribution in [2.24, 2.45) is 0 Å². The van der Waals surface area contributed by atoms with Gasteiger partial charge in [0.2, 0.25) is 0 Å². The van der Waals surface area contributed by atoms with Crippen molar-refractivity contribution >= 4 is 17.1 Å². The van der Waals surface area contributed by atoms with Crippen LogP contribution in [0.3, 0.4) is 0 Å². The number of ether oxygens (including phenoxy) is 1. The van der Waals surface area contributed by atoms with Crippen molar-refractivity contribution in [3.63, 3.8) is 0 Å². The van der Waals surface area contributed by atoms with Crippen molar-refractivity contribution in [1.82, 2.24) is 4.90 Å². The van der Waals surface area contributed by atoms with Crippen LogP contribution < -0.4 is 15.4 Å². The zero-order valence-corrected chi connectivity index (χ0v) is 18.8. The third-order valence-electron chi connectivity index (χ3n) is 5.99. The molecule has 1 atom stereocenters. The number of likely N-dealkylation sites (N-methyl/N-ethyl adjacent to an activating group) is 1. The molecule has 0 aliphatic carbocycles. The number of aryl methyl sites for hydroxylation is 2. The summed E-state index contributed by atoms with van der Waals surface area (Å²) >= 11 is 0. The van der Waals surface area contributed by atoms with E-state index in [0.717, 1.165) is 38.1 Å². The van der Waals surface area contributed by atoms with Crippen molar-refractivity contribution < 1.29 is 9.84 Å². The van der Waals surface area contributed by atoms with E-state index in [1.165, 1.54) is 22.5 Å². The van der Waals surface area contributed by atoms with Crippen LogP contribution in [0.25, 0.3) is 0 Å². The lowest BCUT2D eigenvalue weighted by Gasteiger charge is -2.28. The highest BCUT2D eigenvalue weighted by Gasteiger charge is 2.20. The van der Waals surface area contributed by atoms with Gasteiger partial charge in [-0.25, -0.2) is 0 Å². The predicted octanol–water partition coefficient (Wildman–Crippen LogP) is 4.27. The summed E-state index contributed by atoms with van der Waals surface area (Å²) in [6.45, 7) is 2.68. The molecule has 0 bridgehead atoms. The van der Waals surface area contributed by atoms with E-state index < -0.39 is 6.10 Å². The molecule has 5 nitrogen and oxygen atoms in total. The van der Waals surface area contributed by atoms with E-state index >= 15 is 0 Å². The van der Waals surface area contributed by atoms with Gasteiger partial charge < -0.3 is 25.4 Å². The fourth-order valence-corrected chi connectivity index (χ4v) is 4.37. The summed E-state index contributed by atoms with van der Waals surface area (Å²) in [5.41, 5.74) is 11.8. The fourth-order valence-electron chi connectivity index (χ4n) is 4.37. The number of anilines is 3. The molecule has 3 N–H and O–H groups in total. The first-order valence-electron chi connectivity index (χ1n) is 11.4. The molecule has 1 aliphatic rings. The van der Waals surface area contributed by atoms with Gasteiger partial charge in [0.05, 0.1) is 0 Å². The average molecular weight is 432 g/mol.